The van der Waals surface area contributed by atoms with Crippen LogP contribution in [0.25, 0.3) is 0 Å². The van der Waals surface area contributed by atoms with Crippen molar-refractivity contribution in [3.05, 3.63) is 41.8 Å². The van der Waals surface area contributed by atoms with Gasteiger partial charge in [-0.25, -0.2) is 0 Å². The van der Waals surface area contributed by atoms with E-state index in [4.69, 9.17) is 14.0 Å². The number of carbonyl (C=O) groups excluding carboxylic acids is 1. The third-order valence-electron chi connectivity index (χ3n) is 2.65. The molecule has 1 aromatic heterocycles. The number of aryl methyl sites for hydroxylation is 1. The summed E-state index contributed by atoms with van der Waals surface area (Å²) in [4.78, 5) is 11.6. The summed E-state index contributed by atoms with van der Waals surface area (Å²) in [5.74, 6) is 1.89. The van der Waals surface area contributed by atoms with Gasteiger partial charge in [-0.2, -0.15) is 0 Å². The van der Waals surface area contributed by atoms with Crippen molar-refractivity contribution in [2.75, 3.05) is 13.2 Å². The van der Waals surface area contributed by atoms with Crippen LogP contribution in [0.15, 0.2) is 34.9 Å². The van der Waals surface area contributed by atoms with Crippen molar-refractivity contribution in [1.29, 1.82) is 0 Å². The smallest absolute Gasteiger partial charge is 0.258 e. The summed E-state index contributed by atoms with van der Waals surface area (Å²) in [6.07, 6.45) is 0. The van der Waals surface area contributed by atoms with Gasteiger partial charge in [0, 0.05) is 6.07 Å². The molecule has 6 heteroatoms. The van der Waals surface area contributed by atoms with Gasteiger partial charge in [-0.3, -0.25) is 4.79 Å². The zero-order valence-electron chi connectivity index (χ0n) is 12.1. The molecule has 0 radical (unpaired) electrons. The lowest BCUT2D eigenvalue weighted by Gasteiger charge is -2.07. The van der Waals surface area contributed by atoms with E-state index in [1.807, 2.05) is 6.92 Å². The molecule has 0 aliphatic heterocycles. The Morgan fingerprint density at radius 2 is 1.90 bits per heavy atom. The van der Waals surface area contributed by atoms with Crippen molar-refractivity contribution >= 4 is 5.91 Å². The first-order valence-corrected chi connectivity index (χ1v) is 6.72. The molecule has 1 heterocycles. The number of nitrogens with one attached hydrogen (secondary N) is 1. The summed E-state index contributed by atoms with van der Waals surface area (Å²) in [7, 11) is 0. The molecule has 0 fully saturated rings. The van der Waals surface area contributed by atoms with Crippen molar-refractivity contribution in [2.24, 2.45) is 0 Å². The fraction of sp³-hybridized carbons (Fsp3) is 0.333. The normalized spacial score (nSPS) is 10.2. The Balaban J connectivity index is 1.73. The van der Waals surface area contributed by atoms with Gasteiger partial charge in [-0.1, -0.05) is 5.16 Å². The summed E-state index contributed by atoms with van der Waals surface area (Å²) in [6.45, 7) is 4.61. The number of aromatic nitrogens is 1. The molecule has 0 spiro atoms. The Bertz CT molecular complexity index is 578. The van der Waals surface area contributed by atoms with E-state index in [1.54, 1.807) is 37.3 Å². The molecule has 1 aromatic carbocycles. The molecule has 2 rings (SSSR count). The van der Waals surface area contributed by atoms with E-state index in [1.165, 1.54) is 0 Å². The Kier molecular flexibility index (Phi) is 5.20. The predicted octanol–water partition coefficient (Wildman–Crippen LogP) is 2.08. The fourth-order valence-electron chi connectivity index (χ4n) is 1.69. The molecule has 2 aromatic rings. The molecule has 0 saturated heterocycles. The van der Waals surface area contributed by atoms with Crippen LogP contribution in [0.3, 0.4) is 0 Å². The average Bonchev–Trinajstić information content (AvgIpc) is 2.90. The molecule has 1 amide bonds. The lowest BCUT2D eigenvalue weighted by Crippen LogP contribution is -2.28. The molecule has 0 unspecified atom stereocenters. The summed E-state index contributed by atoms with van der Waals surface area (Å²) >= 11 is 0. The van der Waals surface area contributed by atoms with E-state index in [9.17, 15) is 4.79 Å². The van der Waals surface area contributed by atoms with E-state index in [0.29, 0.717) is 30.4 Å². The molecule has 6 nitrogen and oxygen atoms in total. The molecule has 0 bridgehead atoms. The second kappa shape index (κ2) is 7.33. The largest absolute Gasteiger partial charge is 0.494 e. The zero-order valence-corrected chi connectivity index (χ0v) is 12.1. The van der Waals surface area contributed by atoms with Gasteiger partial charge < -0.3 is 19.3 Å². The standard InChI is InChI=1S/C15H18N2O4/c1-3-19-13-4-6-14(7-5-13)20-10-15(18)16-9-12-8-11(2)21-17-12/h4-8H,3,9-10H2,1-2H3,(H,16,18). The van der Waals surface area contributed by atoms with Crippen molar-refractivity contribution in [3.63, 3.8) is 0 Å². The van der Waals surface area contributed by atoms with Gasteiger partial charge in [0.1, 0.15) is 23.0 Å². The minimum Gasteiger partial charge on any atom is -0.494 e. The topological polar surface area (TPSA) is 73.6 Å². The molecule has 0 aliphatic carbocycles. The third-order valence-corrected chi connectivity index (χ3v) is 2.65. The first kappa shape index (κ1) is 14.9. The highest BCUT2D eigenvalue weighted by molar-refractivity contribution is 5.77. The Hall–Kier alpha value is -2.50. The summed E-state index contributed by atoms with van der Waals surface area (Å²) in [6, 6.07) is 8.90. The first-order valence-electron chi connectivity index (χ1n) is 6.72. The number of ether oxygens (including phenoxy) is 2. The van der Waals surface area contributed by atoms with Crippen LogP contribution in [-0.4, -0.2) is 24.3 Å². The predicted molar refractivity (Wildman–Crippen MR) is 76.2 cm³/mol. The van der Waals surface area contributed by atoms with Crippen LogP contribution in [0.1, 0.15) is 18.4 Å². The molecule has 0 aliphatic rings. The average molecular weight is 290 g/mol. The van der Waals surface area contributed by atoms with Gasteiger partial charge in [0.15, 0.2) is 6.61 Å². The molecule has 0 saturated carbocycles. The number of amides is 1. The Morgan fingerprint density at radius 1 is 1.24 bits per heavy atom. The van der Waals surface area contributed by atoms with Gasteiger partial charge in [0.25, 0.3) is 5.91 Å². The minimum atomic E-state index is -0.218. The minimum absolute atomic E-state index is 0.0508. The highest BCUT2D eigenvalue weighted by Gasteiger charge is 2.05. The van der Waals surface area contributed by atoms with Gasteiger partial charge in [0.2, 0.25) is 0 Å². The van der Waals surface area contributed by atoms with Crippen LogP contribution < -0.4 is 14.8 Å². The monoisotopic (exact) mass is 290 g/mol. The highest BCUT2D eigenvalue weighted by atomic mass is 16.5. The number of hydrogen-bond donors (Lipinski definition) is 1. The third kappa shape index (κ3) is 4.83. The maximum absolute atomic E-state index is 11.6. The van der Waals surface area contributed by atoms with E-state index in [2.05, 4.69) is 10.5 Å². The lowest BCUT2D eigenvalue weighted by atomic mass is 10.3. The van der Waals surface area contributed by atoms with Gasteiger partial charge >= 0.3 is 0 Å². The number of rotatable bonds is 7. The summed E-state index contributed by atoms with van der Waals surface area (Å²) in [5.41, 5.74) is 0.682. The van der Waals surface area contributed by atoms with Crippen molar-refractivity contribution in [1.82, 2.24) is 10.5 Å². The quantitative estimate of drug-likeness (QED) is 0.845. The summed E-state index contributed by atoms with van der Waals surface area (Å²) in [5, 5.41) is 6.49. The van der Waals surface area contributed by atoms with Crippen LogP contribution in [0.4, 0.5) is 0 Å². The maximum atomic E-state index is 11.6. The zero-order chi connectivity index (χ0) is 15.1. The Morgan fingerprint density at radius 3 is 2.48 bits per heavy atom. The van der Waals surface area contributed by atoms with E-state index in [0.717, 1.165) is 5.75 Å². The number of hydrogen-bond acceptors (Lipinski definition) is 5. The number of carbonyl (C=O) groups is 1. The fourth-order valence-corrected chi connectivity index (χ4v) is 1.69. The molecule has 21 heavy (non-hydrogen) atoms. The highest BCUT2D eigenvalue weighted by Crippen LogP contribution is 2.17. The van der Waals surface area contributed by atoms with Crippen LogP contribution >= 0.6 is 0 Å². The summed E-state index contributed by atoms with van der Waals surface area (Å²) < 4.78 is 15.6. The Labute approximate surface area is 123 Å². The molecule has 0 atom stereocenters. The molecular weight excluding hydrogens is 272 g/mol. The van der Waals surface area contributed by atoms with E-state index in [-0.39, 0.29) is 12.5 Å². The van der Waals surface area contributed by atoms with Crippen LogP contribution in [0, 0.1) is 6.92 Å². The molecule has 1 N–H and O–H groups in total. The number of benzene rings is 1. The van der Waals surface area contributed by atoms with Crippen molar-refractivity contribution in [3.8, 4) is 11.5 Å². The lowest BCUT2D eigenvalue weighted by molar-refractivity contribution is -0.123. The molecule has 112 valence electrons. The van der Waals surface area contributed by atoms with Crippen LogP contribution in [-0.2, 0) is 11.3 Å². The second-order valence-electron chi connectivity index (χ2n) is 4.40. The van der Waals surface area contributed by atoms with E-state index >= 15 is 0 Å². The van der Waals surface area contributed by atoms with Gasteiger partial charge in [-0.05, 0) is 38.1 Å². The van der Waals surface area contributed by atoms with Crippen LogP contribution in [0.2, 0.25) is 0 Å². The maximum Gasteiger partial charge on any atom is 0.258 e. The SMILES string of the molecule is CCOc1ccc(OCC(=O)NCc2cc(C)on2)cc1. The van der Waals surface area contributed by atoms with Crippen molar-refractivity contribution < 1.29 is 18.8 Å². The van der Waals surface area contributed by atoms with Crippen LogP contribution in [0.5, 0.6) is 11.5 Å². The number of nitrogens with zero attached hydrogens (tertiary/aromatic N) is 1. The van der Waals surface area contributed by atoms with Gasteiger partial charge in [0.05, 0.1) is 13.2 Å². The van der Waals surface area contributed by atoms with E-state index < -0.39 is 0 Å². The first-order chi connectivity index (χ1) is 10.2. The van der Waals surface area contributed by atoms with Crippen molar-refractivity contribution in [2.45, 2.75) is 20.4 Å². The van der Waals surface area contributed by atoms with Gasteiger partial charge in [-0.15, -0.1) is 0 Å². The second-order valence-corrected chi connectivity index (χ2v) is 4.40. The molecular formula is C15H18N2O4.